The predicted molar refractivity (Wildman–Crippen MR) is 65.7 cm³/mol. The second-order valence-electron chi connectivity index (χ2n) is 4.30. The van der Waals surface area contributed by atoms with E-state index in [-0.39, 0.29) is 0 Å². The molecule has 0 atom stereocenters. The molecule has 1 nitrogen and oxygen atoms in total. The standard InChI is InChI=1S/C12H15Cl2N/c1-9-4-10(2-3-12(9)14)6-15-7-11(5-13)8-15/h2-4,11H,5-8H2,1H3. The summed E-state index contributed by atoms with van der Waals surface area (Å²) in [5.41, 5.74) is 2.49. The Balaban J connectivity index is 1.92. The topological polar surface area (TPSA) is 3.24 Å². The Morgan fingerprint density at radius 3 is 2.73 bits per heavy atom. The first-order valence-corrected chi connectivity index (χ1v) is 6.13. The molecule has 0 amide bonds. The highest BCUT2D eigenvalue weighted by atomic mass is 35.5. The average Bonchev–Trinajstić information content (AvgIpc) is 2.16. The van der Waals surface area contributed by atoms with Gasteiger partial charge in [-0.05, 0) is 30.0 Å². The Morgan fingerprint density at radius 1 is 1.40 bits per heavy atom. The largest absolute Gasteiger partial charge is 0.298 e. The summed E-state index contributed by atoms with van der Waals surface area (Å²) < 4.78 is 0. The van der Waals surface area contributed by atoms with E-state index in [1.165, 1.54) is 5.56 Å². The third-order valence-corrected chi connectivity index (χ3v) is 3.74. The minimum Gasteiger partial charge on any atom is -0.298 e. The van der Waals surface area contributed by atoms with Gasteiger partial charge in [0.1, 0.15) is 0 Å². The van der Waals surface area contributed by atoms with Crippen molar-refractivity contribution in [3.8, 4) is 0 Å². The van der Waals surface area contributed by atoms with Crippen LogP contribution >= 0.6 is 23.2 Å². The van der Waals surface area contributed by atoms with Crippen molar-refractivity contribution in [2.75, 3.05) is 19.0 Å². The molecular formula is C12H15Cl2N. The van der Waals surface area contributed by atoms with E-state index < -0.39 is 0 Å². The molecule has 0 aliphatic carbocycles. The number of alkyl halides is 1. The van der Waals surface area contributed by atoms with Gasteiger partial charge in [0.05, 0.1) is 0 Å². The van der Waals surface area contributed by atoms with Crippen molar-refractivity contribution in [3.05, 3.63) is 34.3 Å². The predicted octanol–water partition coefficient (Wildman–Crippen LogP) is 3.32. The summed E-state index contributed by atoms with van der Waals surface area (Å²) in [6, 6.07) is 6.24. The van der Waals surface area contributed by atoms with Gasteiger partial charge >= 0.3 is 0 Å². The van der Waals surface area contributed by atoms with E-state index >= 15 is 0 Å². The molecule has 82 valence electrons. The molecule has 0 radical (unpaired) electrons. The molecule has 1 heterocycles. The van der Waals surface area contributed by atoms with Crippen LogP contribution in [-0.2, 0) is 6.54 Å². The summed E-state index contributed by atoms with van der Waals surface area (Å²) in [6.45, 7) is 5.32. The van der Waals surface area contributed by atoms with E-state index in [2.05, 4.69) is 17.0 Å². The zero-order valence-electron chi connectivity index (χ0n) is 8.84. The van der Waals surface area contributed by atoms with Crippen molar-refractivity contribution in [2.24, 2.45) is 5.92 Å². The van der Waals surface area contributed by atoms with Gasteiger partial charge in [0, 0.05) is 30.5 Å². The zero-order chi connectivity index (χ0) is 10.8. The minimum atomic E-state index is 0.695. The van der Waals surface area contributed by atoms with Crippen molar-refractivity contribution in [1.29, 1.82) is 0 Å². The van der Waals surface area contributed by atoms with Crippen LogP contribution in [0.15, 0.2) is 18.2 Å². The Morgan fingerprint density at radius 2 is 2.13 bits per heavy atom. The van der Waals surface area contributed by atoms with Gasteiger partial charge in [-0.1, -0.05) is 23.7 Å². The number of aryl methyl sites for hydroxylation is 1. The van der Waals surface area contributed by atoms with Gasteiger partial charge in [0.25, 0.3) is 0 Å². The van der Waals surface area contributed by atoms with Gasteiger partial charge in [-0.2, -0.15) is 0 Å². The highest BCUT2D eigenvalue weighted by Crippen LogP contribution is 2.22. The molecule has 1 saturated heterocycles. The molecular weight excluding hydrogens is 229 g/mol. The summed E-state index contributed by atoms with van der Waals surface area (Å²) in [7, 11) is 0. The van der Waals surface area contributed by atoms with Crippen LogP contribution < -0.4 is 0 Å². The van der Waals surface area contributed by atoms with Gasteiger partial charge in [0.2, 0.25) is 0 Å². The first kappa shape index (κ1) is 11.3. The van der Waals surface area contributed by atoms with Crippen LogP contribution in [0.3, 0.4) is 0 Å². The molecule has 0 N–H and O–H groups in total. The summed E-state index contributed by atoms with van der Waals surface area (Å²) in [5, 5.41) is 0.848. The van der Waals surface area contributed by atoms with Crippen molar-refractivity contribution in [1.82, 2.24) is 4.90 Å². The van der Waals surface area contributed by atoms with Gasteiger partial charge in [-0.25, -0.2) is 0 Å². The highest BCUT2D eigenvalue weighted by Gasteiger charge is 2.25. The first-order valence-electron chi connectivity index (χ1n) is 5.22. The Bertz CT molecular complexity index is 345. The lowest BCUT2D eigenvalue weighted by Gasteiger charge is -2.38. The molecule has 1 fully saturated rings. The maximum atomic E-state index is 5.98. The molecule has 0 bridgehead atoms. The van der Waals surface area contributed by atoms with Crippen molar-refractivity contribution in [2.45, 2.75) is 13.5 Å². The Hall–Kier alpha value is -0.240. The first-order chi connectivity index (χ1) is 7.19. The van der Waals surface area contributed by atoms with E-state index in [0.717, 1.165) is 36.1 Å². The molecule has 1 aromatic rings. The Labute approximate surface area is 101 Å². The summed E-state index contributed by atoms with van der Waals surface area (Å²) in [6.07, 6.45) is 0. The molecule has 1 aromatic carbocycles. The molecule has 1 aliphatic heterocycles. The van der Waals surface area contributed by atoms with E-state index in [1.54, 1.807) is 0 Å². The van der Waals surface area contributed by atoms with Crippen LogP contribution in [0.4, 0.5) is 0 Å². The van der Waals surface area contributed by atoms with Crippen LogP contribution in [-0.4, -0.2) is 23.9 Å². The van der Waals surface area contributed by atoms with Crippen molar-refractivity contribution in [3.63, 3.8) is 0 Å². The maximum absolute atomic E-state index is 5.98. The molecule has 1 aliphatic rings. The second-order valence-corrected chi connectivity index (χ2v) is 5.01. The summed E-state index contributed by atoms with van der Waals surface area (Å²) in [5.74, 6) is 1.48. The van der Waals surface area contributed by atoms with Crippen LogP contribution in [0.25, 0.3) is 0 Å². The third kappa shape index (κ3) is 2.66. The van der Waals surface area contributed by atoms with Gasteiger partial charge in [-0.15, -0.1) is 11.6 Å². The molecule has 0 spiro atoms. The summed E-state index contributed by atoms with van der Waals surface area (Å²) >= 11 is 11.8. The van der Waals surface area contributed by atoms with E-state index in [9.17, 15) is 0 Å². The van der Waals surface area contributed by atoms with Crippen molar-refractivity contribution >= 4 is 23.2 Å². The lowest BCUT2D eigenvalue weighted by molar-refractivity contribution is 0.107. The SMILES string of the molecule is Cc1cc(CN2CC(CCl)C2)ccc1Cl. The van der Waals surface area contributed by atoms with Crippen molar-refractivity contribution < 1.29 is 0 Å². The quantitative estimate of drug-likeness (QED) is 0.737. The monoisotopic (exact) mass is 243 g/mol. The van der Waals surface area contributed by atoms with E-state index in [4.69, 9.17) is 23.2 Å². The normalized spacial score (nSPS) is 17.8. The number of likely N-dealkylation sites (tertiary alicyclic amines) is 1. The van der Waals surface area contributed by atoms with Gasteiger partial charge in [0.15, 0.2) is 0 Å². The molecule has 0 aromatic heterocycles. The van der Waals surface area contributed by atoms with Crippen LogP contribution in [0.2, 0.25) is 5.02 Å². The fraction of sp³-hybridized carbons (Fsp3) is 0.500. The lowest BCUT2D eigenvalue weighted by atomic mass is 10.0. The molecule has 0 unspecified atom stereocenters. The highest BCUT2D eigenvalue weighted by molar-refractivity contribution is 6.31. The van der Waals surface area contributed by atoms with Crippen LogP contribution in [0.5, 0.6) is 0 Å². The number of benzene rings is 1. The van der Waals surface area contributed by atoms with E-state index in [0.29, 0.717) is 5.92 Å². The van der Waals surface area contributed by atoms with Crippen LogP contribution in [0.1, 0.15) is 11.1 Å². The molecule has 0 saturated carbocycles. The zero-order valence-corrected chi connectivity index (χ0v) is 10.4. The summed E-state index contributed by atoms with van der Waals surface area (Å²) in [4.78, 5) is 2.41. The van der Waals surface area contributed by atoms with Gasteiger partial charge in [-0.3, -0.25) is 4.90 Å². The lowest BCUT2D eigenvalue weighted by Crippen LogP contribution is -2.46. The number of nitrogens with zero attached hydrogens (tertiary/aromatic N) is 1. The van der Waals surface area contributed by atoms with Gasteiger partial charge < -0.3 is 0 Å². The number of hydrogen-bond acceptors (Lipinski definition) is 1. The minimum absolute atomic E-state index is 0.695. The third-order valence-electron chi connectivity index (χ3n) is 2.88. The smallest absolute Gasteiger partial charge is 0.0435 e. The van der Waals surface area contributed by atoms with Crippen LogP contribution in [0, 0.1) is 12.8 Å². The number of rotatable bonds is 3. The average molecular weight is 244 g/mol. The second kappa shape index (κ2) is 4.73. The van der Waals surface area contributed by atoms with E-state index in [1.807, 2.05) is 13.0 Å². The molecule has 3 heteroatoms. The molecule has 15 heavy (non-hydrogen) atoms. The fourth-order valence-electron chi connectivity index (χ4n) is 1.97. The maximum Gasteiger partial charge on any atom is 0.0435 e. The molecule has 2 rings (SSSR count). The Kier molecular flexibility index (Phi) is 3.55. The fourth-order valence-corrected chi connectivity index (χ4v) is 2.28. The number of halogens is 2. The number of hydrogen-bond donors (Lipinski definition) is 0.